The molecule has 1 aromatic rings. The van der Waals surface area contributed by atoms with Crippen molar-refractivity contribution in [2.45, 2.75) is 31.1 Å². The second-order valence-electron chi connectivity index (χ2n) is 4.98. The molecule has 0 unspecified atom stereocenters. The Balaban J connectivity index is 2.23. The number of nitrogen functional groups attached to an aromatic ring is 1. The Morgan fingerprint density at radius 1 is 1.32 bits per heavy atom. The lowest BCUT2D eigenvalue weighted by molar-refractivity contribution is 0.269. The number of hydrogen-bond donors (Lipinski definition) is 1. The summed E-state index contributed by atoms with van der Waals surface area (Å²) in [7, 11) is -3.63. The fourth-order valence-corrected chi connectivity index (χ4v) is 3.98. The molecular weight excluding hydrogens is 267 g/mol. The van der Waals surface area contributed by atoms with Crippen molar-refractivity contribution in [1.82, 2.24) is 4.31 Å². The molecule has 1 fully saturated rings. The fraction of sp³-hybridized carbons (Fsp3) is 0.538. The van der Waals surface area contributed by atoms with Gasteiger partial charge >= 0.3 is 0 Å². The number of nitrogens with zero attached hydrogens (tertiary/aromatic N) is 1. The quantitative estimate of drug-likeness (QED) is 0.867. The maximum absolute atomic E-state index is 13.3. The van der Waals surface area contributed by atoms with Crippen molar-refractivity contribution in [3.8, 4) is 0 Å². The molecule has 4 nitrogen and oxygen atoms in total. The summed E-state index contributed by atoms with van der Waals surface area (Å²) in [5.41, 5.74) is 5.63. The van der Waals surface area contributed by atoms with Gasteiger partial charge in [0.15, 0.2) is 0 Å². The van der Waals surface area contributed by atoms with Crippen molar-refractivity contribution in [1.29, 1.82) is 0 Å². The zero-order chi connectivity index (χ0) is 14.0. The number of halogens is 1. The summed E-state index contributed by atoms with van der Waals surface area (Å²) >= 11 is 0. The van der Waals surface area contributed by atoms with Crippen molar-refractivity contribution in [3.63, 3.8) is 0 Å². The van der Waals surface area contributed by atoms with Crippen LogP contribution in [0.2, 0.25) is 0 Å². The highest BCUT2D eigenvalue weighted by molar-refractivity contribution is 7.89. The second-order valence-corrected chi connectivity index (χ2v) is 6.91. The Kier molecular flexibility index (Phi) is 4.10. The number of benzene rings is 1. The minimum absolute atomic E-state index is 0.0556. The lowest BCUT2D eigenvalue weighted by Gasteiger charge is -2.30. The van der Waals surface area contributed by atoms with E-state index in [1.54, 1.807) is 0 Å². The Bertz CT molecular complexity index is 532. The SMILES string of the molecule is CCC1CCN(S(=O)(=O)c2cc(N)cc(F)c2)CC1. The number of sulfonamides is 1. The van der Waals surface area contributed by atoms with Crippen LogP contribution < -0.4 is 5.73 Å². The average Bonchev–Trinajstić information content (AvgIpc) is 2.37. The van der Waals surface area contributed by atoms with Gasteiger partial charge < -0.3 is 5.73 Å². The average molecular weight is 286 g/mol. The molecule has 1 aliphatic rings. The Morgan fingerprint density at radius 2 is 1.95 bits per heavy atom. The van der Waals surface area contributed by atoms with Gasteiger partial charge in [-0.2, -0.15) is 4.31 Å². The normalized spacial score (nSPS) is 18.6. The second kappa shape index (κ2) is 5.46. The van der Waals surface area contributed by atoms with Crippen LogP contribution in [0, 0.1) is 11.7 Å². The van der Waals surface area contributed by atoms with Crippen LogP contribution in [0.4, 0.5) is 10.1 Å². The van der Waals surface area contributed by atoms with Gasteiger partial charge in [0.25, 0.3) is 0 Å². The summed E-state index contributed by atoms with van der Waals surface area (Å²) in [6.07, 6.45) is 2.79. The van der Waals surface area contributed by atoms with E-state index in [1.807, 2.05) is 0 Å². The molecular formula is C13H19FN2O2S. The van der Waals surface area contributed by atoms with Crippen molar-refractivity contribution in [2.24, 2.45) is 5.92 Å². The number of piperidine rings is 1. The standard InChI is InChI=1S/C13H19FN2O2S/c1-2-10-3-5-16(6-4-10)19(17,18)13-8-11(14)7-12(15)9-13/h7-10H,2-6,15H2,1H3. The summed E-state index contributed by atoms with van der Waals surface area (Å²) in [4.78, 5) is -0.0556. The lowest BCUT2D eigenvalue weighted by Crippen LogP contribution is -2.38. The van der Waals surface area contributed by atoms with Gasteiger partial charge in [-0.1, -0.05) is 13.3 Å². The zero-order valence-corrected chi connectivity index (χ0v) is 11.8. The van der Waals surface area contributed by atoms with Gasteiger partial charge in [-0.3, -0.25) is 0 Å². The Hall–Kier alpha value is -1.14. The predicted molar refractivity (Wildman–Crippen MR) is 72.6 cm³/mol. The minimum atomic E-state index is -3.63. The number of hydrogen-bond acceptors (Lipinski definition) is 3. The topological polar surface area (TPSA) is 63.4 Å². The number of rotatable bonds is 3. The summed E-state index contributed by atoms with van der Waals surface area (Å²) in [5, 5.41) is 0. The van der Waals surface area contributed by atoms with Gasteiger partial charge in [0, 0.05) is 18.8 Å². The molecule has 0 aliphatic carbocycles. The van der Waals surface area contributed by atoms with E-state index in [4.69, 9.17) is 5.73 Å². The fourth-order valence-electron chi connectivity index (χ4n) is 2.44. The van der Waals surface area contributed by atoms with E-state index < -0.39 is 15.8 Å². The first-order valence-electron chi connectivity index (χ1n) is 6.49. The number of anilines is 1. The van der Waals surface area contributed by atoms with Gasteiger partial charge in [0.05, 0.1) is 4.90 Å². The van der Waals surface area contributed by atoms with Crippen LogP contribution in [0.1, 0.15) is 26.2 Å². The van der Waals surface area contributed by atoms with E-state index in [-0.39, 0.29) is 10.6 Å². The summed E-state index contributed by atoms with van der Waals surface area (Å²) in [6.45, 7) is 3.11. The Morgan fingerprint density at radius 3 is 2.47 bits per heavy atom. The van der Waals surface area contributed by atoms with Crippen molar-refractivity contribution >= 4 is 15.7 Å². The highest BCUT2D eigenvalue weighted by Gasteiger charge is 2.29. The molecule has 1 heterocycles. The number of nitrogens with two attached hydrogens (primary N) is 1. The van der Waals surface area contributed by atoms with Gasteiger partial charge in [-0.25, -0.2) is 12.8 Å². The molecule has 0 aromatic heterocycles. The van der Waals surface area contributed by atoms with E-state index in [0.29, 0.717) is 19.0 Å². The molecule has 0 bridgehead atoms. The maximum Gasteiger partial charge on any atom is 0.243 e. The summed E-state index contributed by atoms with van der Waals surface area (Å²) < 4.78 is 39.5. The molecule has 1 saturated heterocycles. The van der Waals surface area contributed by atoms with E-state index in [1.165, 1.54) is 10.4 Å². The molecule has 1 aromatic carbocycles. The van der Waals surface area contributed by atoms with Crippen LogP contribution in [0.5, 0.6) is 0 Å². The van der Waals surface area contributed by atoms with Gasteiger partial charge in [-0.15, -0.1) is 0 Å². The molecule has 0 saturated carbocycles. The lowest BCUT2D eigenvalue weighted by atomic mass is 9.96. The first kappa shape index (κ1) is 14.3. The van der Waals surface area contributed by atoms with E-state index in [0.717, 1.165) is 31.4 Å². The third kappa shape index (κ3) is 3.06. The molecule has 0 amide bonds. The van der Waals surface area contributed by atoms with E-state index in [2.05, 4.69) is 6.92 Å². The first-order valence-corrected chi connectivity index (χ1v) is 7.93. The van der Waals surface area contributed by atoms with E-state index in [9.17, 15) is 12.8 Å². The van der Waals surface area contributed by atoms with Crippen molar-refractivity contribution in [3.05, 3.63) is 24.0 Å². The third-order valence-corrected chi connectivity index (χ3v) is 5.56. The molecule has 6 heteroatoms. The molecule has 1 aliphatic heterocycles. The summed E-state index contributed by atoms with van der Waals surface area (Å²) in [6, 6.07) is 3.45. The predicted octanol–water partition coefficient (Wildman–Crippen LogP) is 2.22. The van der Waals surface area contributed by atoms with Crippen LogP contribution in [0.15, 0.2) is 23.1 Å². The molecule has 2 rings (SSSR count). The van der Waals surface area contributed by atoms with Crippen molar-refractivity contribution in [2.75, 3.05) is 18.8 Å². The van der Waals surface area contributed by atoms with Crippen LogP contribution in [-0.4, -0.2) is 25.8 Å². The monoisotopic (exact) mass is 286 g/mol. The molecule has 0 spiro atoms. The molecule has 0 atom stereocenters. The van der Waals surface area contributed by atoms with Crippen LogP contribution in [0.25, 0.3) is 0 Å². The third-order valence-electron chi connectivity index (χ3n) is 3.68. The minimum Gasteiger partial charge on any atom is -0.399 e. The highest BCUT2D eigenvalue weighted by Crippen LogP contribution is 2.26. The van der Waals surface area contributed by atoms with Gasteiger partial charge in [0.1, 0.15) is 5.82 Å². The first-order chi connectivity index (χ1) is 8.93. The Labute approximate surface area is 113 Å². The van der Waals surface area contributed by atoms with E-state index >= 15 is 0 Å². The van der Waals surface area contributed by atoms with Crippen LogP contribution in [0.3, 0.4) is 0 Å². The molecule has 19 heavy (non-hydrogen) atoms. The summed E-state index contributed by atoms with van der Waals surface area (Å²) in [5.74, 6) is -0.0361. The highest BCUT2D eigenvalue weighted by atomic mass is 32.2. The maximum atomic E-state index is 13.3. The van der Waals surface area contributed by atoms with Crippen molar-refractivity contribution < 1.29 is 12.8 Å². The van der Waals surface area contributed by atoms with Crippen LogP contribution >= 0.6 is 0 Å². The smallest absolute Gasteiger partial charge is 0.243 e. The molecule has 106 valence electrons. The zero-order valence-electron chi connectivity index (χ0n) is 11.0. The molecule has 2 N–H and O–H groups in total. The van der Waals surface area contributed by atoms with Gasteiger partial charge in [-0.05, 0) is 37.0 Å². The van der Waals surface area contributed by atoms with Gasteiger partial charge in [0.2, 0.25) is 10.0 Å². The molecule has 0 radical (unpaired) electrons. The largest absolute Gasteiger partial charge is 0.399 e. The van der Waals surface area contributed by atoms with Crippen LogP contribution in [-0.2, 0) is 10.0 Å².